The molecule has 3 rings (SSSR count). The highest BCUT2D eigenvalue weighted by atomic mass is 16.3. The first-order chi connectivity index (χ1) is 9.28. The van der Waals surface area contributed by atoms with E-state index in [0.717, 1.165) is 25.7 Å². The van der Waals surface area contributed by atoms with Gasteiger partial charge in [0.05, 0.1) is 24.2 Å². The van der Waals surface area contributed by atoms with Gasteiger partial charge in [0.2, 0.25) is 0 Å². The average molecular weight is 265 g/mol. The second-order valence-corrected chi connectivity index (χ2v) is 5.78. The Bertz CT molecular complexity index is 352. The third-order valence-electron chi connectivity index (χ3n) is 4.47. The number of hydrogen-bond acceptors (Lipinski definition) is 5. The predicted octanol–water partition coefficient (Wildman–Crippen LogP) is 0.0864. The first-order valence-corrected chi connectivity index (χ1v) is 7.23. The number of aliphatic hydroxyl groups is 2. The summed E-state index contributed by atoms with van der Waals surface area (Å²) in [6.45, 7) is 0.241. The van der Waals surface area contributed by atoms with Crippen LogP contribution in [0.1, 0.15) is 25.7 Å². The predicted molar refractivity (Wildman–Crippen MR) is 72.8 cm³/mol. The van der Waals surface area contributed by atoms with Crippen molar-refractivity contribution in [2.24, 2.45) is 5.92 Å². The van der Waals surface area contributed by atoms with Crippen LogP contribution in [-0.2, 0) is 0 Å². The first kappa shape index (κ1) is 13.3. The van der Waals surface area contributed by atoms with Crippen molar-refractivity contribution in [2.45, 2.75) is 49.9 Å². The summed E-state index contributed by atoms with van der Waals surface area (Å²) in [6, 6.07) is 0.628. The van der Waals surface area contributed by atoms with Crippen LogP contribution < -0.4 is 10.9 Å². The third kappa shape index (κ3) is 2.75. The molecule has 1 saturated carbocycles. The number of hydrazine groups is 2. The van der Waals surface area contributed by atoms with E-state index < -0.39 is 0 Å². The molecular formula is C14H23N3O2. The minimum Gasteiger partial charge on any atom is -0.396 e. The molecular weight excluding hydrogens is 242 g/mol. The number of nitrogens with zero attached hydrogens (tertiary/aromatic N) is 1. The summed E-state index contributed by atoms with van der Waals surface area (Å²) in [5, 5.41) is 21.3. The van der Waals surface area contributed by atoms with Crippen molar-refractivity contribution in [1.29, 1.82) is 0 Å². The molecule has 1 aliphatic heterocycles. The summed E-state index contributed by atoms with van der Waals surface area (Å²) in [5.41, 5.74) is 6.83. The van der Waals surface area contributed by atoms with E-state index >= 15 is 0 Å². The Kier molecular flexibility index (Phi) is 4.00. The number of fused-ring (bicyclic) bond motifs is 1. The van der Waals surface area contributed by atoms with Crippen LogP contribution in [0.15, 0.2) is 24.3 Å². The molecule has 5 heteroatoms. The molecule has 4 unspecified atom stereocenters. The maximum Gasteiger partial charge on any atom is 0.0724 e. The Morgan fingerprint density at radius 3 is 2.42 bits per heavy atom. The van der Waals surface area contributed by atoms with Gasteiger partial charge in [-0.1, -0.05) is 24.3 Å². The van der Waals surface area contributed by atoms with Crippen LogP contribution in [-0.4, -0.2) is 46.2 Å². The average Bonchev–Trinajstić information content (AvgIpc) is 2.85. The van der Waals surface area contributed by atoms with E-state index in [1.807, 2.05) is 17.3 Å². The molecule has 0 radical (unpaired) electrons. The van der Waals surface area contributed by atoms with Crippen LogP contribution >= 0.6 is 0 Å². The van der Waals surface area contributed by atoms with Gasteiger partial charge in [0.25, 0.3) is 0 Å². The topological polar surface area (TPSA) is 67.8 Å². The van der Waals surface area contributed by atoms with Gasteiger partial charge >= 0.3 is 0 Å². The summed E-state index contributed by atoms with van der Waals surface area (Å²) < 4.78 is 0. The van der Waals surface area contributed by atoms with Gasteiger partial charge < -0.3 is 10.2 Å². The molecule has 3 aliphatic rings. The zero-order chi connectivity index (χ0) is 13.2. The SMILES string of the molecule is OCCC1CCC(O)C(N2NC3C=CC=C[C@@H]3N2)C1. The zero-order valence-corrected chi connectivity index (χ0v) is 11.1. The van der Waals surface area contributed by atoms with Crippen molar-refractivity contribution in [1.82, 2.24) is 16.0 Å². The van der Waals surface area contributed by atoms with E-state index in [2.05, 4.69) is 23.0 Å². The highest BCUT2D eigenvalue weighted by molar-refractivity contribution is 5.21. The molecule has 0 aromatic carbocycles. The van der Waals surface area contributed by atoms with Gasteiger partial charge in [-0.2, -0.15) is 5.12 Å². The number of allylic oxidation sites excluding steroid dienone is 2. The van der Waals surface area contributed by atoms with E-state index in [1.165, 1.54) is 0 Å². The fourth-order valence-electron chi connectivity index (χ4n) is 3.34. The fraction of sp³-hybridized carbons (Fsp3) is 0.714. The van der Waals surface area contributed by atoms with Gasteiger partial charge in [-0.15, -0.1) is 0 Å². The van der Waals surface area contributed by atoms with Crippen molar-refractivity contribution >= 4 is 0 Å². The monoisotopic (exact) mass is 265 g/mol. The molecule has 5 nitrogen and oxygen atoms in total. The number of rotatable bonds is 3. The third-order valence-corrected chi connectivity index (χ3v) is 4.47. The molecule has 19 heavy (non-hydrogen) atoms. The minimum absolute atomic E-state index is 0.0812. The van der Waals surface area contributed by atoms with E-state index in [-0.39, 0.29) is 30.8 Å². The summed E-state index contributed by atoms with van der Waals surface area (Å²) in [7, 11) is 0. The standard InChI is InChI=1S/C14H23N3O2/c18-8-7-10-5-6-14(19)13(9-10)17-15-11-3-1-2-4-12(11)16-17/h1-4,10-16,18-19H,5-9H2/t10?,11-,12?,13?,14?/m0/s1. The molecule has 0 aromatic heterocycles. The van der Waals surface area contributed by atoms with Crippen molar-refractivity contribution in [3.05, 3.63) is 24.3 Å². The fourth-order valence-corrected chi connectivity index (χ4v) is 3.34. The van der Waals surface area contributed by atoms with Gasteiger partial charge in [-0.25, -0.2) is 10.9 Å². The summed E-state index contributed by atoms with van der Waals surface area (Å²) in [6.07, 6.45) is 11.7. The molecule has 4 N–H and O–H groups in total. The van der Waals surface area contributed by atoms with E-state index in [9.17, 15) is 5.11 Å². The molecule has 5 atom stereocenters. The lowest BCUT2D eigenvalue weighted by atomic mass is 9.82. The van der Waals surface area contributed by atoms with Crippen LogP contribution in [0, 0.1) is 5.92 Å². The molecule has 1 saturated heterocycles. The van der Waals surface area contributed by atoms with Crippen LogP contribution in [0.5, 0.6) is 0 Å². The molecule has 106 valence electrons. The lowest BCUT2D eigenvalue weighted by Crippen LogP contribution is -2.55. The Labute approximate surface area is 113 Å². The van der Waals surface area contributed by atoms with Crippen molar-refractivity contribution < 1.29 is 10.2 Å². The quantitative estimate of drug-likeness (QED) is 0.582. The Balaban J connectivity index is 1.64. The molecule has 1 heterocycles. The number of aliphatic hydroxyl groups excluding tert-OH is 2. The van der Waals surface area contributed by atoms with E-state index in [4.69, 9.17) is 5.11 Å². The van der Waals surface area contributed by atoms with Crippen LogP contribution in [0.3, 0.4) is 0 Å². The highest BCUT2D eigenvalue weighted by Crippen LogP contribution is 2.30. The highest BCUT2D eigenvalue weighted by Gasteiger charge is 2.39. The first-order valence-electron chi connectivity index (χ1n) is 7.23. The number of hydrogen-bond donors (Lipinski definition) is 4. The Morgan fingerprint density at radius 1 is 1.11 bits per heavy atom. The van der Waals surface area contributed by atoms with Crippen molar-refractivity contribution in [2.75, 3.05) is 6.61 Å². The zero-order valence-electron chi connectivity index (χ0n) is 11.1. The van der Waals surface area contributed by atoms with Gasteiger partial charge in [0.1, 0.15) is 0 Å². The molecule has 0 bridgehead atoms. The van der Waals surface area contributed by atoms with Gasteiger partial charge in [0.15, 0.2) is 0 Å². The summed E-state index contributed by atoms with van der Waals surface area (Å²) in [4.78, 5) is 0. The number of nitrogens with one attached hydrogen (secondary N) is 2. The lowest BCUT2D eigenvalue weighted by molar-refractivity contribution is -0.0342. The molecule has 2 aliphatic carbocycles. The van der Waals surface area contributed by atoms with Crippen LogP contribution in [0.2, 0.25) is 0 Å². The largest absolute Gasteiger partial charge is 0.396 e. The maximum absolute atomic E-state index is 10.2. The van der Waals surface area contributed by atoms with Crippen LogP contribution in [0.4, 0.5) is 0 Å². The molecule has 0 spiro atoms. The van der Waals surface area contributed by atoms with Gasteiger partial charge in [-0.3, -0.25) is 0 Å². The van der Waals surface area contributed by atoms with Gasteiger partial charge in [-0.05, 0) is 31.6 Å². The normalized spacial score (nSPS) is 42.5. The van der Waals surface area contributed by atoms with E-state index in [0.29, 0.717) is 5.92 Å². The van der Waals surface area contributed by atoms with E-state index in [1.54, 1.807) is 0 Å². The van der Waals surface area contributed by atoms with Crippen molar-refractivity contribution in [3.63, 3.8) is 0 Å². The smallest absolute Gasteiger partial charge is 0.0724 e. The summed E-state index contributed by atoms with van der Waals surface area (Å²) >= 11 is 0. The Hall–Kier alpha value is -0.720. The molecule has 2 fully saturated rings. The lowest BCUT2D eigenvalue weighted by Gasteiger charge is -2.38. The Morgan fingerprint density at radius 2 is 1.79 bits per heavy atom. The minimum atomic E-state index is -0.303. The maximum atomic E-state index is 10.2. The van der Waals surface area contributed by atoms with Crippen LogP contribution in [0.25, 0.3) is 0 Å². The second-order valence-electron chi connectivity index (χ2n) is 5.78. The van der Waals surface area contributed by atoms with Gasteiger partial charge in [0, 0.05) is 6.61 Å². The van der Waals surface area contributed by atoms with Crippen molar-refractivity contribution in [3.8, 4) is 0 Å². The second kappa shape index (κ2) is 5.73. The molecule has 0 aromatic rings. The summed E-state index contributed by atoms with van der Waals surface area (Å²) in [5.74, 6) is 0.510. The molecule has 0 amide bonds.